The first-order valence-electron chi connectivity index (χ1n) is 39.2. The van der Waals surface area contributed by atoms with Gasteiger partial charge in [0.1, 0.15) is 34.9 Å². The van der Waals surface area contributed by atoms with Crippen LogP contribution in [0.2, 0.25) is 0 Å². The Morgan fingerprint density at radius 1 is 0.217 bits per heavy atom. The van der Waals surface area contributed by atoms with Crippen molar-refractivity contribution < 1.29 is 0 Å². The molecule has 0 fully saturated rings. The van der Waals surface area contributed by atoms with Crippen LogP contribution in [-0.4, -0.2) is 43.6 Å². The van der Waals surface area contributed by atoms with Crippen molar-refractivity contribution in [3.63, 3.8) is 0 Å². The zero-order chi connectivity index (χ0) is 79.9. The van der Waals surface area contributed by atoms with Gasteiger partial charge in [-0.25, -0.2) is 29.9 Å². The Labute approximate surface area is 698 Å². The highest BCUT2D eigenvalue weighted by molar-refractivity contribution is 7.27. The van der Waals surface area contributed by atoms with E-state index in [1.165, 1.54) is 60.5 Å². The van der Waals surface area contributed by atoms with Crippen molar-refractivity contribution >= 4 is 160 Å². The molecular weight excluding hydrogens is 1530 g/mol. The Bertz CT molecular complexity index is 8360. The Morgan fingerprint density at radius 2 is 0.542 bits per heavy atom. The van der Waals surface area contributed by atoms with Gasteiger partial charge in [-0.15, -0.1) is 34.0 Å². The van der Waals surface area contributed by atoms with Crippen LogP contribution in [0.25, 0.3) is 211 Å². The van der Waals surface area contributed by atoms with Gasteiger partial charge in [0.05, 0.1) is 54.9 Å². The van der Waals surface area contributed by atoms with E-state index in [9.17, 15) is 15.8 Å². The van der Waals surface area contributed by atoms with Gasteiger partial charge < -0.3 is 0 Å². The Morgan fingerprint density at radius 3 is 1.00 bits per heavy atom. The van der Waals surface area contributed by atoms with Gasteiger partial charge in [0.25, 0.3) is 0 Å². The Balaban J connectivity index is 0.000000108. The van der Waals surface area contributed by atoms with E-state index in [1.54, 1.807) is 34.0 Å². The van der Waals surface area contributed by atoms with Gasteiger partial charge in [0.15, 0.2) is 34.9 Å². The maximum absolute atomic E-state index is 10.7. The van der Waals surface area contributed by atoms with E-state index in [0.29, 0.717) is 68.7 Å². The first-order chi connectivity index (χ1) is 59.4. The summed E-state index contributed by atoms with van der Waals surface area (Å²) in [4.78, 5) is 30.3. The Kier molecular flexibility index (Phi) is 17.3. The van der Waals surface area contributed by atoms with Gasteiger partial charge in [-0.05, 0) is 54.6 Å². The van der Waals surface area contributed by atoms with E-state index in [0.717, 1.165) is 98.8 Å². The first kappa shape index (κ1) is 70.7. The van der Waals surface area contributed by atoms with Crippen LogP contribution in [-0.2, 0) is 0 Å². The molecule has 0 aliphatic carbocycles. The zero-order valence-corrected chi connectivity index (χ0v) is 66.2. The lowest BCUT2D eigenvalue weighted by Gasteiger charge is -2.15. The molecule has 0 radical (unpaired) electrons. The molecule has 24 aromatic rings. The summed E-state index contributed by atoms with van der Waals surface area (Å²) in [7, 11) is 0. The molecule has 15 aromatic carbocycles. The predicted molar refractivity (Wildman–Crippen MR) is 495 cm³/mol. The van der Waals surface area contributed by atoms with Crippen molar-refractivity contribution in [2.24, 2.45) is 0 Å². The number of nitrogens with zero attached hydrogens (tertiary/aromatic N) is 12. The van der Waals surface area contributed by atoms with Crippen LogP contribution in [0.15, 0.2) is 364 Å². The summed E-state index contributed by atoms with van der Waals surface area (Å²) in [5.41, 5.74) is 14.7. The molecule has 9 heterocycles. The molecular formula is C105H60N12S3. The van der Waals surface area contributed by atoms with Crippen molar-refractivity contribution in [3.05, 3.63) is 381 Å². The number of benzene rings is 15. The predicted octanol–water partition coefficient (Wildman–Crippen LogP) is 27.4. The number of para-hydroxylation sites is 3. The van der Waals surface area contributed by atoms with Crippen molar-refractivity contribution in [2.75, 3.05) is 0 Å². The van der Waals surface area contributed by atoms with Crippen LogP contribution < -0.4 is 0 Å². The number of hydrogen-bond donors (Lipinski definition) is 0. The van der Waals surface area contributed by atoms with Crippen molar-refractivity contribution in [1.29, 1.82) is 15.8 Å². The minimum absolute atomic E-state index is 0.449. The van der Waals surface area contributed by atoms with E-state index in [-0.39, 0.29) is 0 Å². The molecule has 0 atom stereocenters. The molecule has 0 saturated carbocycles. The van der Waals surface area contributed by atoms with Gasteiger partial charge in [-0.2, -0.15) is 15.8 Å². The largest absolute Gasteiger partial charge is 0.292 e. The molecule has 558 valence electrons. The van der Waals surface area contributed by atoms with Crippen LogP contribution in [0, 0.1) is 34.0 Å². The fourth-order valence-corrected chi connectivity index (χ4v) is 20.5. The molecule has 0 N–H and O–H groups in total. The van der Waals surface area contributed by atoms with Crippen molar-refractivity contribution in [1.82, 2.24) is 43.6 Å². The minimum Gasteiger partial charge on any atom is -0.292 e. The number of fused-ring (bicyclic) bond motifs is 20. The number of hydrogen-bond acceptors (Lipinski definition) is 12. The highest BCUT2D eigenvalue weighted by atomic mass is 32.1. The SMILES string of the molecule is N#Cc1c(-c2ccccc2)nc(-c2ccccc2)nc1-n1c2ccccc2c2cc3c(cc21)sc1ccccc13.N#Cc1c(-c2ccccc2)nc(-c2ccccc2)nc1-n1c2ccccc2c2ccc3c4ccccc4sc3c21.N#Cc1c(-c2ccccc2)nc(-c2ccccc2)nc1-n1c2ccccc2c2ccc3sc4ccccc4c3c21. The second-order valence-electron chi connectivity index (χ2n) is 29.2. The molecule has 120 heavy (non-hydrogen) atoms. The molecule has 0 spiro atoms. The average molecular weight is 1590 g/mol. The summed E-state index contributed by atoms with van der Waals surface area (Å²) >= 11 is 5.36. The third-order valence-corrected chi connectivity index (χ3v) is 25.9. The normalized spacial score (nSPS) is 11.5. The highest BCUT2D eigenvalue weighted by Gasteiger charge is 2.29. The standard InChI is InChI=1S/3C35H20N4S/c36-21-28-33(22-11-3-1-4-12-22)37-34(23-13-5-2-6-14-23)38-35(28)39-29-17-9-7-15-24(29)26-19-27-25-16-8-10-18-31(25)40-32(27)20-30(26)39;36-21-27-32(22-11-3-1-4-12-22)37-34(23-13-5-2-6-14-23)38-35(27)39-28-17-9-7-15-24(28)25-19-20-30-31(33(25)39)26-16-8-10-18-29(26)40-30;36-21-28-31(22-11-3-1-4-12-22)37-34(23-13-5-2-6-14-23)38-35(28)39-29-17-9-7-15-24(29)26-19-20-27-25-16-8-10-18-30(25)40-33(27)32(26)39/h3*1-20H. The lowest BCUT2D eigenvalue weighted by Crippen LogP contribution is -2.07. The summed E-state index contributed by atoms with van der Waals surface area (Å²) < 4.78 is 13.8. The van der Waals surface area contributed by atoms with Crippen molar-refractivity contribution in [3.8, 4) is 104 Å². The molecule has 9 aromatic heterocycles. The van der Waals surface area contributed by atoms with Crippen LogP contribution in [0.5, 0.6) is 0 Å². The minimum atomic E-state index is 0.449. The van der Waals surface area contributed by atoms with Gasteiger partial charge in [0.2, 0.25) is 0 Å². The molecule has 24 rings (SSSR count). The van der Waals surface area contributed by atoms with E-state index in [2.05, 4.69) is 196 Å². The number of nitriles is 3. The summed E-state index contributed by atoms with van der Waals surface area (Å²) in [5, 5.41) is 46.0. The quantitative estimate of drug-likeness (QED) is 0.137. The Hall–Kier alpha value is -15.9. The maximum atomic E-state index is 10.7. The monoisotopic (exact) mass is 1580 g/mol. The maximum Gasteiger partial charge on any atom is 0.162 e. The van der Waals surface area contributed by atoms with E-state index >= 15 is 0 Å². The second kappa shape index (κ2) is 29.4. The zero-order valence-electron chi connectivity index (χ0n) is 63.7. The molecule has 12 nitrogen and oxygen atoms in total. The summed E-state index contributed by atoms with van der Waals surface area (Å²) in [6, 6.07) is 131. The van der Waals surface area contributed by atoms with Crippen LogP contribution in [0.1, 0.15) is 16.7 Å². The second-order valence-corrected chi connectivity index (χ2v) is 32.4. The van der Waals surface area contributed by atoms with E-state index < -0.39 is 0 Å². The molecule has 0 aliphatic rings. The summed E-state index contributed by atoms with van der Waals surface area (Å²) in [5.74, 6) is 3.52. The fraction of sp³-hybridized carbons (Fsp3) is 0. The topological polar surface area (TPSA) is 164 Å². The van der Waals surface area contributed by atoms with E-state index in [4.69, 9.17) is 29.9 Å². The van der Waals surface area contributed by atoms with E-state index in [1.807, 2.05) is 200 Å². The van der Waals surface area contributed by atoms with Crippen LogP contribution in [0.3, 0.4) is 0 Å². The molecule has 0 saturated heterocycles. The van der Waals surface area contributed by atoms with Crippen LogP contribution >= 0.6 is 34.0 Å². The first-order valence-corrected chi connectivity index (χ1v) is 41.7. The fourth-order valence-electron chi connectivity index (χ4n) is 17.1. The van der Waals surface area contributed by atoms with Crippen LogP contribution in [0.4, 0.5) is 0 Å². The van der Waals surface area contributed by atoms with Gasteiger partial charge in [-0.3, -0.25) is 13.7 Å². The third-order valence-electron chi connectivity index (χ3n) is 22.4. The average Bonchev–Trinajstić information content (AvgIpc) is 1.54. The summed E-state index contributed by atoms with van der Waals surface area (Å²) in [6.07, 6.45) is 0. The smallest absolute Gasteiger partial charge is 0.162 e. The summed E-state index contributed by atoms with van der Waals surface area (Å²) in [6.45, 7) is 0. The molecule has 0 unspecified atom stereocenters. The lowest BCUT2D eigenvalue weighted by molar-refractivity contribution is 1.04. The van der Waals surface area contributed by atoms with Crippen molar-refractivity contribution in [2.45, 2.75) is 0 Å². The van der Waals surface area contributed by atoms with Gasteiger partial charge in [0, 0.05) is 122 Å². The number of aromatic nitrogens is 9. The molecule has 0 bridgehead atoms. The van der Waals surface area contributed by atoms with Gasteiger partial charge >= 0.3 is 0 Å². The molecule has 0 aliphatic heterocycles. The molecule has 0 amide bonds. The third kappa shape index (κ3) is 11.7. The highest BCUT2D eigenvalue weighted by Crippen LogP contribution is 2.48. The molecule has 15 heteroatoms. The lowest BCUT2D eigenvalue weighted by atomic mass is 10.1. The number of rotatable bonds is 9. The van der Waals surface area contributed by atoms with Gasteiger partial charge in [-0.1, -0.05) is 309 Å². The number of thiophene rings is 3.